The summed E-state index contributed by atoms with van der Waals surface area (Å²) in [5.74, 6) is -0.710. The summed E-state index contributed by atoms with van der Waals surface area (Å²) in [4.78, 5) is 10.6. The zero-order chi connectivity index (χ0) is 8.27. The number of rotatable bonds is 2. The Labute approximate surface area is 62.9 Å². The molecule has 1 rings (SSSR count). The Hall–Kier alpha value is -1.49. The third-order valence-electron chi connectivity index (χ3n) is 1.12. The van der Waals surface area contributed by atoms with Gasteiger partial charge in [-0.15, -0.1) is 5.10 Å². The fraction of sp³-hybridized carbons (Fsp3) is 0. The van der Waals surface area contributed by atoms with Crippen molar-refractivity contribution in [2.24, 2.45) is 5.73 Å². The average molecular weight is 152 g/mol. The molecule has 0 aromatic carbocycles. The van der Waals surface area contributed by atoms with Gasteiger partial charge in [-0.1, -0.05) is 0 Å². The first-order chi connectivity index (χ1) is 5.25. The number of aliphatic hydroxyl groups is 1. The summed E-state index contributed by atoms with van der Waals surface area (Å²) >= 11 is 0. The molecule has 0 fully saturated rings. The Kier molecular flexibility index (Phi) is 2.12. The van der Waals surface area contributed by atoms with Crippen molar-refractivity contribution < 1.29 is 9.90 Å². The van der Waals surface area contributed by atoms with Crippen molar-refractivity contribution in [1.82, 2.24) is 10.2 Å². The van der Waals surface area contributed by atoms with Gasteiger partial charge in [0.15, 0.2) is 5.69 Å². The van der Waals surface area contributed by atoms with Crippen LogP contribution in [-0.4, -0.2) is 21.2 Å². The van der Waals surface area contributed by atoms with E-state index in [0.717, 1.165) is 6.61 Å². The molecule has 5 nitrogen and oxygen atoms in total. The summed E-state index contributed by atoms with van der Waals surface area (Å²) in [7, 11) is 0. The second-order valence-corrected chi connectivity index (χ2v) is 1.83. The highest BCUT2D eigenvalue weighted by Crippen LogP contribution is 2.02. The Morgan fingerprint density at radius 1 is 1.73 bits per heavy atom. The first-order valence-corrected chi connectivity index (χ1v) is 2.84. The molecule has 0 unspecified atom stereocenters. The standard InChI is InChI=1S/C6H6N3O2/c7-6(11)5-4(3-10)1-2-8-9-5/h1-3,10H,(H2,7,11). The Bertz CT molecular complexity index is 274. The monoisotopic (exact) mass is 152 g/mol. The minimum atomic E-state index is -0.710. The van der Waals surface area contributed by atoms with E-state index < -0.39 is 5.91 Å². The van der Waals surface area contributed by atoms with Crippen molar-refractivity contribution in [3.63, 3.8) is 0 Å². The summed E-state index contributed by atoms with van der Waals surface area (Å²) in [5, 5.41) is 15.4. The summed E-state index contributed by atoms with van der Waals surface area (Å²) in [6.45, 7) is 0.759. The summed E-state index contributed by atoms with van der Waals surface area (Å²) in [6.07, 6.45) is 1.36. The maximum atomic E-state index is 10.6. The van der Waals surface area contributed by atoms with Crippen LogP contribution in [0.3, 0.4) is 0 Å². The van der Waals surface area contributed by atoms with Gasteiger partial charge in [0, 0.05) is 11.8 Å². The minimum Gasteiger partial charge on any atom is -0.385 e. The van der Waals surface area contributed by atoms with Gasteiger partial charge in [0.1, 0.15) is 6.61 Å². The third-order valence-corrected chi connectivity index (χ3v) is 1.12. The lowest BCUT2D eigenvalue weighted by atomic mass is 10.2. The Balaban J connectivity index is 3.12. The van der Waals surface area contributed by atoms with Gasteiger partial charge in [0.25, 0.3) is 5.91 Å². The van der Waals surface area contributed by atoms with Crippen LogP contribution in [-0.2, 0) is 0 Å². The molecule has 3 N–H and O–H groups in total. The number of amides is 1. The SMILES string of the molecule is NC(=O)c1nnccc1[CH]O. The molecule has 0 spiro atoms. The van der Waals surface area contributed by atoms with Crippen LogP contribution >= 0.6 is 0 Å². The molecule has 0 saturated heterocycles. The van der Waals surface area contributed by atoms with Gasteiger partial charge in [-0.25, -0.2) is 0 Å². The van der Waals surface area contributed by atoms with E-state index in [1.54, 1.807) is 0 Å². The van der Waals surface area contributed by atoms with Crippen LogP contribution in [0, 0.1) is 6.61 Å². The van der Waals surface area contributed by atoms with Gasteiger partial charge in [-0.2, -0.15) is 5.10 Å². The Morgan fingerprint density at radius 3 is 2.91 bits per heavy atom. The number of primary amides is 1. The van der Waals surface area contributed by atoms with Crippen LogP contribution in [0.25, 0.3) is 0 Å². The minimum absolute atomic E-state index is 0.0324. The van der Waals surface area contributed by atoms with Crippen molar-refractivity contribution in [2.45, 2.75) is 0 Å². The van der Waals surface area contributed by atoms with E-state index >= 15 is 0 Å². The maximum absolute atomic E-state index is 10.6. The molecular weight excluding hydrogens is 146 g/mol. The van der Waals surface area contributed by atoms with Crippen LogP contribution in [0.1, 0.15) is 16.1 Å². The number of aromatic nitrogens is 2. The molecule has 57 valence electrons. The number of nitrogens with zero attached hydrogens (tertiary/aromatic N) is 2. The Morgan fingerprint density at radius 2 is 2.45 bits per heavy atom. The smallest absolute Gasteiger partial charge is 0.269 e. The zero-order valence-electron chi connectivity index (χ0n) is 5.56. The van der Waals surface area contributed by atoms with Crippen molar-refractivity contribution in [3.8, 4) is 0 Å². The van der Waals surface area contributed by atoms with Gasteiger partial charge in [-0.3, -0.25) is 4.79 Å². The van der Waals surface area contributed by atoms with Gasteiger partial charge in [0.05, 0.1) is 0 Å². The first kappa shape index (κ1) is 7.62. The molecule has 11 heavy (non-hydrogen) atoms. The molecule has 1 heterocycles. The quantitative estimate of drug-likeness (QED) is 0.595. The van der Waals surface area contributed by atoms with Gasteiger partial charge in [-0.05, 0) is 6.07 Å². The molecule has 1 aromatic rings. The highest BCUT2D eigenvalue weighted by molar-refractivity contribution is 5.92. The molecule has 0 aliphatic rings. The van der Waals surface area contributed by atoms with E-state index in [-0.39, 0.29) is 11.3 Å². The van der Waals surface area contributed by atoms with E-state index in [4.69, 9.17) is 10.8 Å². The fourth-order valence-corrected chi connectivity index (χ4v) is 0.637. The number of carbonyl (C=O) groups is 1. The molecule has 0 atom stereocenters. The van der Waals surface area contributed by atoms with E-state index in [1.165, 1.54) is 12.3 Å². The molecule has 1 aromatic heterocycles. The van der Waals surface area contributed by atoms with E-state index in [2.05, 4.69) is 10.2 Å². The first-order valence-electron chi connectivity index (χ1n) is 2.84. The lowest BCUT2D eigenvalue weighted by Gasteiger charge is -1.97. The number of aliphatic hydroxyl groups excluding tert-OH is 1. The number of carbonyl (C=O) groups excluding carboxylic acids is 1. The van der Waals surface area contributed by atoms with E-state index in [1.807, 2.05) is 0 Å². The van der Waals surface area contributed by atoms with E-state index in [0.29, 0.717) is 0 Å². The number of hydrogen-bond donors (Lipinski definition) is 2. The molecule has 1 radical (unpaired) electrons. The van der Waals surface area contributed by atoms with E-state index in [9.17, 15) is 4.79 Å². The maximum Gasteiger partial charge on any atom is 0.269 e. The van der Waals surface area contributed by atoms with Crippen molar-refractivity contribution in [2.75, 3.05) is 0 Å². The highest BCUT2D eigenvalue weighted by Gasteiger charge is 2.08. The molecule has 0 bridgehead atoms. The van der Waals surface area contributed by atoms with Crippen LogP contribution in [0.4, 0.5) is 0 Å². The zero-order valence-corrected chi connectivity index (χ0v) is 5.56. The van der Waals surface area contributed by atoms with Crippen molar-refractivity contribution in [1.29, 1.82) is 0 Å². The van der Waals surface area contributed by atoms with Gasteiger partial charge in [0.2, 0.25) is 0 Å². The fourth-order valence-electron chi connectivity index (χ4n) is 0.637. The van der Waals surface area contributed by atoms with Crippen LogP contribution in [0.5, 0.6) is 0 Å². The lowest BCUT2D eigenvalue weighted by molar-refractivity contribution is 0.0993. The third kappa shape index (κ3) is 1.50. The topological polar surface area (TPSA) is 89.1 Å². The molecule has 0 saturated carbocycles. The molecular formula is C6H6N3O2. The molecule has 0 aliphatic carbocycles. The largest absolute Gasteiger partial charge is 0.385 e. The van der Waals surface area contributed by atoms with Gasteiger partial charge < -0.3 is 10.8 Å². The lowest BCUT2D eigenvalue weighted by Crippen LogP contribution is -2.16. The van der Waals surface area contributed by atoms with Crippen molar-refractivity contribution >= 4 is 5.91 Å². The average Bonchev–Trinajstić information content (AvgIpc) is 2.04. The predicted octanol–water partition coefficient (Wildman–Crippen LogP) is -0.542. The summed E-state index contributed by atoms with van der Waals surface area (Å²) in [5.41, 5.74) is 5.16. The number of nitrogens with two attached hydrogens (primary N) is 1. The van der Waals surface area contributed by atoms with Crippen LogP contribution in [0.15, 0.2) is 12.3 Å². The highest BCUT2D eigenvalue weighted by atomic mass is 16.3. The summed E-state index contributed by atoms with van der Waals surface area (Å²) < 4.78 is 0. The number of hydrogen-bond acceptors (Lipinski definition) is 4. The van der Waals surface area contributed by atoms with Gasteiger partial charge >= 0.3 is 0 Å². The van der Waals surface area contributed by atoms with Crippen molar-refractivity contribution in [3.05, 3.63) is 30.1 Å². The normalized spacial score (nSPS) is 9.55. The summed E-state index contributed by atoms with van der Waals surface area (Å²) in [6, 6.07) is 1.44. The second kappa shape index (κ2) is 3.07. The van der Waals surface area contributed by atoms with Crippen LogP contribution < -0.4 is 5.73 Å². The second-order valence-electron chi connectivity index (χ2n) is 1.83. The predicted molar refractivity (Wildman–Crippen MR) is 35.9 cm³/mol. The molecule has 1 amide bonds. The molecule has 0 aliphatic heterocycles. The van der Waals surface area contributed by atoms with Crippen LogP contribution in [0.2, 0.25) is 0 Å². The molecule has 5 heteroatoms.